The number of aromatic nitrogens is 1. The summed E-state index contributed by atoms with van der Waals surface area (Å²) >= 11 is 1.42. The molecule has 0 saturated heterocycles. The Labute approximate surface area is 89.1 Å². The minimum absolute atomic E-state index is 0.298. The van der Waals surface area contributed by atoms with Crippen LogP contribution in [0, 0.1) is 11.3 Å². The minimum Gasteiger partial charge on any atom is -0.385 e. The maximum Gasteiger partial charge on any atom is 0.0950 e. The lowest BCUT2D eigenvalue weighted by Crippen LogP contribution is -2.29. The number of hydrogen-bond acceptors (Lipinski definition) is 3. The van der Waals surface area contributed by atoms with Crippen molar-refractivity contribution in [3.8, 4) is 0 Å². The molecule has 1 aliphatic carbocycles. The molecule has 1 saturated carbocycles. The average molecular weight is 211 g/mol. The van der Waals surface area contributed by atoms with Crippen molar-refractivity contribution in [1.29, 1.82) is 0 Å². The minimum atomic E-state index is -0.642. The van der Waals surface area contributed by atoms with Crippen LogP contribution in [0.25, 0.3) is 0 Å². The summed E-state index contributed by atoms with van der Waals surface area (Å²) < 4.78 is 4.08. The zero-order valence-corrected chi connectivity index (χ0v) is 9.77. The van der Waals surface area contributed by atoms with Crippen molar-refractivity contribution < 1.29 is 5.11 Å². The molecule has 1 fully saturated rings. The summed E-state index contributed by atoms with van der Waals surface area (Å²) in [4.78, 5) is 0. The van der Waals surface area contributed by atoms with E-state index in [1.54, 1.807) is 0 Å². The van der Waals surface area contributed by atoms with Gasteiger partial charge >= 0.3 is 0 Å². The molecule has 14 heavy (non-hydrogen) atoms. The third-order valence-electron chi connectivity index (χ3n) is 3.56. The van der Waals surface area contributed by atoms with Gasteiger partial charge in [-0.05, 0) is 35.7 Å². The Morgan fingerprint density at radius 1 is 1.71 bits per heavy atom. The molecule has 78 valence electrons. The molecule has 0 spiro atoms. The molecule has 0 aliphatic heterocycles. The molecule has 0 amide bonds. The Hall–Kier alpha value is -0.410. The van der Waals surface area contributed by atoms with Crippen LogP contribution >= 0.6 is 11.5 Å². The van der Waals surface area contributed by atoms with Crippen LogP contribution in [0.1, 0.15) is 39.2 Å². The lowest BCUT2D eigenvalue weighted by molar-refractivity contribution is -0.00225. The van der Waals surface area contributed by atoms with Crippen LogP contribution in [0.2, 0.25) is 0 Å². The van der Waals surface area contributed by atoms with E-state index in [0.717, 1.165) is 18.4 Å². The number of rotatable bonds is 3. The summed E-state index contributed by atoms with van der Waals surface area (Å²) in [6, 6.07) is 0. The highest BCUT2D eigenvalue weighted by molar-refractivity contribution is 7.03. The Kier molecular flexibility index (Phi) is 2.20. The van der Waals surface area contributed by atoms with Gasteiger partial charge in [0.1, 0.15) is 0 Å². The van der Waals surface area contributed by atoms with E-state index >= 15 is 0 Å². The first-order chi connectivity index (χ1) is 6.50. The van der Waals surface area contributed by atoms with Crippen LogP contribution in [0.5, 0.6) is 0 Å². The van der Waals surface area contributed by atoms with Gasteiger partial charge in [0.2, 0.25) is 0 Å². The van der Waals surface area contributed by atoms with E-state index in [1.807, 2.05) is 18.5 Å². The number of aliphatic hydroxyl groups is 1. The predicted octanol–water partition coefficient (Wildman–Crippen LogP) is 2.79. The van der Waals surface area contributed by atoms with Gasteiger partial charge in [0.15, 0.2) is 0 Å². The third kappa shape index (κ3) is 1.39. The van der Waals surface area contributed by atoms with E-state index in [9.17, 15) is 5.11 Å². The highest BCUT2D eigenvalue weighted by Gasteiger charge is 2.57. The summed E-state index contributed by atoms with van der Waals surface area (Å²) in [6.07, 6.45) is 3.70. The van der Waals surface area contributed by atoms with Crippen molar-refractivity contribution in [3.05, 3.63) is 17.1 Å². The zero-order valence-electron chi connectivity index (χ0n) is 8.95. The third-order valence-corrected chi connectivity index (χ3v) is 4.15. The van der Waals surface area contributed by atoms with Gasteiger partial charge in [0, 0.05) is 17.1 Å². The smallest absolute Gasteiger partial charge is 0.0950 e. The number of hydrogen-bond donors (Lipinski definition) is 1. The standard InChI is InChI=1S/C11H17NOS/c1-4-11(13,8-6-12-14-7-8)9-5-10(9,2)3/h6-7,9,13H,4-5H2,1-3H3. The molecule has 0 aromatic carbocycles. The van der Waals surface area contributed by atoms with Gasteiger partial charge in [0.05, 0.1) is 5.60 Å². The molecule has 1 aromatic rings. The fraction of sp³-hybridized carbons (Fsp3) is 0.727. The second-order valence-electron chi connectivity index (χ2n) is 4.94. The molecule has 3 heteroatoms. The molecular formula is C11H17NOS. The summed E-state index contributed by atoms with van der Waals surface area (Å²) in [5, 5.41) is 12.6. The molecular weight excluding hydrogens is 194 g/mol. The Balaban J connectivity index is 2.28. The van der Waals surface area contributed by atoms with Crippen LogP contribution in [-0.4, -0.2) is 9.48 Å². The van der Waals surface area contributed by atoms with Crippen molar-refractivity contribution in [1.82, 2.24) is 4.37 Å². The van der Waals surface area contributed by atoms with E-state index in [-0.39, 0.29) is 0 Å². The normalized spacial score (nSPS) is 28.4. The van der Waals surface area contributed by atoms with E-state index < -0.39 is 5.60 Å². The molecule has 2 unspecified atom stereocenters. The maximum absolute atomic E-state index is 10.6. The highest BCUT2D eigenvalue weighted by atomic mass is 32.1. The first kappa shape index (κ1) is 10.1. The monoisotopic (exact) mass is 211 g/mol. The highest BCUT2D eigenvalue weighted by Crippen LogP contribution is 2.61. The van der Waals surface area contributed by atoms with Gasteiger partial charge in [-0.2, -0.15) is 0 Å². The lowest BCUT2D eigenvalue weighted by atomic mass is 9.85. The molecule has 1 aliphatic rings. The van der Waals surface area contributed by atoms with Gasteiger partial charge in [-0.3, -0.25) is 0 Å². The fourth-order valence-electron chi connectivity index (χ4n) is 2.35. The van der Waals surface area contributed by atoms with Gasteiger partial charge in [-0.1, -0.05) is 20.8 Å². The quantitative estimate of drug-likeness (QED) is 0.834. The fourth-order valence-corrected chi connectivity index (χ4v) is 2.97. The van der Waals surface area contributed by atoms with E-state index in [1.165, 1.54) is 11.5 Å². The molecule has 1 N–H and O–H groups in total. The Bertz CT molecular complexity index is 320. The van der Waals surface area contributed by atoms with Crippen LogP contribution in [0.3, 0.4) is 0 Å². The van der Waals surface area contributed by atoms with Crippen molar-refractivity contribution in [2.75, 3.05) is 0 Å². The second-order valence-corrected chi connectivity index (χ2v) is 5.59. The SMILES string of the molecule is CCC(O)(c1cnsc1)C1CC1(C)C. The summed E-state index contributed by atoms with van der Waals surface area (Å²) in [6.45, 7) is 6.49. The number of nitrogens with zero attached hydrogens (tertiary/aromatic N) is 1. The lowest BCUT2D eigenvalue weighted by Gasteiger charge is -2.27. The summed E-state index contributed by atoms with van der Waals surface area (Å²) in [5.41, 5.74) is 0.656. The second kappa shape index (κ2) is 3.04. The first-order valence-electron chi connectivity index (χ1n) is 5.13. The molecule has 1 aromatic heterocycles. The topological polar surface area (TPSA) is 33.1 Å². The van der Waals surface area contributed by atoms with E-state index in [0.29, 0.717) is 11.3 Å². The van der Waals surface area contributed by atoms with Crippen LogP contribution in [0.4, 0.5) is 0 Å². The van der Waals surface area contributed by atoms with Crippen molar-refractivity contribution in [2.24, 2.45) is 11.3 Å². The van der Waals surface area contributed by atoms with E-state index in [4.69, 9.17) is 0 Å². The van der Waals surface area contributed by atoms with E-state index in [2.05, 4.69) is 18.2 Å². The molecule has 2 nitrogen and oxygen atoms in total. The summed E-state index contributed by atoms with van der Waals surface area (Å²) in [5.74, 6) is 0.399. The van der Waals surface area contributed by atoms with Crippen molar-refractivity contribution in [2.45, 2.75) is 39.2 Å². The maximum atomic E-state index is 10.6. The van der Waals surface area contributed by atoms with Gasteiger partial charge < -0.3 is 5.11 Å². The molecule has 0 radical (unpaired) electrons. The molecule has 2 atom stereocenters. The predicted molar refractivity (Wildman–Crippen MR) is 58.2 cm³/mol. The van der Waals surface area contributed by atoms with Gasteiger partial charge in [-0.25, -0.2) is 4.37 Å². The van der Waals surface area contributed by atoms with Gasteiger partial charge in [-0.15, -0.1) is 0 Å². The zero-order chi connectivity index (χ0) is 10.4. The average Bonchev–Trinajstić information content (AvgIpc) is 2.62. The Morgan fingerprint density at radius 3 is 2.71 bits per heavy atom. The molecule has 1 heterocycles. The Morgan fingerprint density at radius 2 is 2.36 bits per heavy atom. The molecule has 0 bridgehead atoms. The molecule has 2 rings (SSSR count). The van der Waals surface area contributed by atoms with Gasteiger partial charge in [0.25, 0.3) is 0 Å². The first-order valence-corrected chi connectivity index (χ1v) is 5.96. The van der Waals surface area contributed by atoms with Crippen LogP contribution in [0.15, 0.2) is 11.6 Å². The van der Waals surface area contributed by atoms with Crippen LogP contribution in [-0.2, 0) is 5.60 Å². The van der Waals surface area contributed by atoms with Crippen LogP contribution < -0.4 is 0 Å². The summed E-state index contributed by atoms with van der Waals surface area (Å²) in [7, 11) is 0. The van der Waals surface area contributed by atoms with Crippen molar-refractivity contribution >= 4 is 11.5 Å². The van der Waals surface area contributed by atoms with Crippen molar-refractivity contribution in [3.63, 3.8) is 0 Å². The largest absolute Gasteiger partial charge is 0.385 e.